The maximum Gasteiger partial charge on any atom is 0.323 e. The zero-order valence-corrected chi connectivity index (χ0v) is 16.2. The summed E-state index contributed by atoms with van der Waals surface area (Å²) < 4.78 is 5.31. The van der Waals surface area contributed by atoms with Gasteiger partial charge in [-0.1, -0.05) is 90.4 Å². The van der Waals surface area contributed by atoms with Crippen LogP contribution in [0.4, 0.5) is 0 Å². The lowest BCUT2D eigenvalue weighted by molar-refractivity contribution is -0.171. The summed E-state index contributed by atoms with van der Waals surface area (Å²) in [5.74, 6) is -1.51. The van der Waals surface area contributed by atoms with Gasteiger partial charge in [-0.25, -0.2) is 0 Å². The van der Waals surface area contributed by atoms with Gasteiger partial charge in [0.15, 0.2) is 5.41 Å². The first kappa shape index (κ1) is 22.0. The fraction of sp³-hybridized carbons (Fsp3) is 0.905. The molecule has 0 aliphatic heterocycles. The maximum atomic E-state index is 12.2. The normalized spacial score (nSPS) is 16.5. The van der Waals surface area contributed by atoms with Crippen LogP contribution in [0.1, 0.15) is 110 Å². The number of hydrogen-bond acceptors (Lipinski definition) is 3. The number of hydrogen-bond donors (Lipinski definition) is 1. The molecule has 4 nitrogen and oxygen atoms in total. The van der Waals surface area contributed by atoms with E-state index >= 15 is 0 Å². The Morgan fingerprint density at radius 2 is 1.28 bits per heavy atom. The fourth-order valence-electron chi connectivity index (χ4n) is 3.73. The summed E-state index contributed by atoms with van der Waals surface area (Å²) in [4.78, 5) is 23.8. The third kappa shape index (κ3) is 8.24. The largest absolute Gasteiger partial charge is 0.480 e. The van der Waals surface area contributed by atoms with Crippen molar-refractivity contribution in [1.29, 1.82) is 0 Å². The van der Waals surface area contributed by atoms with Crippen LogP contribution in [0.5, 0.6) is 0 Å². The van der Waals surface area contributed by atoms with E-state index in [9.17, 15) is 14.7 Å². The molecule has 25 heavy (non-hydrogen) atoms. The Bertz CT molecular complexity index is 372. The van der Waals surface area contributed by atoms with E-state index in [0.29, 0.717) is 19.4 Å². The second-order valence-electron chi connectivity index (χ2n) is 7.62. The number of rotatable bonds is 14. The van der Waals surface area contributed by atoms with Gasteiger partial charge < -0.3 is 9.84 Å². The Morgan fingerprint density at radius 3 is 1.76 bits per heavy atom. The van der Waals surface area contributed by atoms with E-state index in [4.69, 9.17) is 4.74 Å². The van der Waals surface area contributed by atoms with Crippen LogP contribution in [0.2, 0.25) is 0 Å². The Labute approximate surface area is 153 Å². The van der Waals surface area contributed by atoms with Gasteiger partial charge in [0.05, 0.1) is 6.61 Å². The van der Waals surface area contributed by atoms with Gasteiger partial charge >= 0.3 is 11.9 Å². The van der Waals surface area contributed by atoms with Crippen molar-refractivity contribution in [2.45, 2.75) is 110 Å². The van der Waals surface area contributed by atoms with Gasteiger partial charge in [0.1, 0.15) is 0 Å². The van der Waals surface area contributed by atoms with Crippen LogP contribution in [-0.2, 0) is 14.3 Å². The highest BCUT2D eigenvalue weighted by molar-refractivity contribution is 5.99. The Morgan fingerprint density at radius 1 is 0.800 bits per heavy atom. The summed E-state index contributed by atoms with van der Waals surface area (Å²) >= 11 is 0. The number of aliphatic carboxylic acids is 1. The molecule has 0 radical (unpaired) electrons. The van der Waals surface area contributed by atoms with Gasteiger partial charge in [0, 0.05) is 0 Å². The number of carboxylic acid groups (broad SMARTS) is 1. The van der Waals surface area contributed by atoms with Crippen LogP contribution >= 0.6 is 0 Å². The minimum absolute atomic E-state index is 0.366. The molecular formula is C21H38O4. The lowest BCUT2D eigenvalue weighted by Gasteiger charge is -2.30. The molecule has 1 saturated carbocycles. The number of esters is 1. The molecule has 0 aromatic heterocycles. The number of carbonyl (C=O) groups is 2. The molecule has 1 aliphatic rings. The van der Waals surface area contributed by atoms with Crippen molar-refractivity contribution in [3.05, 3.63) is 0 Å². The monoisotopic (exact) mass is 354 g/mol. The van der Waals surface area contributed by atoms with Crippen LogP contribution in [0.3, 0.4) is 0 Å². The Balaban J connectivity index is 2.02. The number of carboxylic acids is 1. The molecule has 0 heterocycles. The molecule has 1 rings (SSSR count). The summed E-state index contributed by atoms with van der Waals surface area (Å²) in [5.41, 5.74) is -1.27. The minimum Gasteiger partial charge on any atom is -0.480 e. The number of ether oxygens (including phenoxy) is 1. The summed E-state index contributed by atoms with van der Waals surface area (Å²) in [6.07, 6.45) is 17.2. The molecule has 0 saturated heterocycles. The maximum absolute atomic E-state index is 12.2. The molecule has 1 fully saturated rings. The van der Waals surface area contributed by atoms with E-state index in [1.54, 1.807) is 0 Å². The van der Waals surface area contributed by atoms with E-state index in [1.807, 2.05) is 0 Å². The molecule has 0 amide bonds. The molecule has 0 aromatic rings. The van der Waals surface area contributed by atoms with Gasteiger partial charge in [-0.2, -0.15) is 0 Å². The van der Waals surface area contributed by atoms with Crippen molar-refractivity contribution in [3.63, 3.8) is 0 Å². The van der Waals surface area contributed by atoms with Crippen LogP contribution in [-0.4, -0.2) is 23.7 Å². The highest BCUT2D eigenvalue weighted by Crippen LogP contribution is 2.37. The first-order chi connectivity index (χ1) is 12.1. The SMILES string of the molecule is CCCCCCCCCCCCCOC(=O)C1(C(=O)O)CCCCC1. The predicted molar refractivity (Wildman–Crippen MR) is 101 cm³/mol. The standard InChI is InChI=1S/C21H38O4/c1-2-3-4-5-6-7-8-9-10-11-15-18-25-20(24)21(19(22)23)16-13-12-14-17-21/h2-18H2,1H3,(H,22,23). The summed E-state index contributed by atoms with van der Waals surface area (Å²) in [6.45, 7) is 2.61. The van der Waals surface area contributed by atoms with Gasteiger partial charge in [-0.15, -0.1) is 0 Å². The van der Waals surface area contributed by atoms with Crippen molar-refractivity contribution in [3.8, 4) is 0 Å². The van der Waals surface area contributed by atoms with Crippen molar-refractivity contribution in [1.82, 2.24) is 0 Å². The zero-order chi connectivity index (χ0) is 18.4. The average Bonchev–Trinajstić information content (AvgIpc) is 2.62. The van der Waals surface area contributed by atoms with Crippen LogP contribution in [0.15, 0.2) is 0 Å². The van der Waals surface area contributed by atoms with Crippen molar-refractivity contribution >= 4 is 11.9 Å². The van der Waals surface area contributed by atoms with Gasteiger partial charge in [0.25, 0.3) is 0 Å². The smallest absolute Gasteiger partial charge is 0.323 e. The molecule has 0 atom stereocenters. The highest BCUT2D eigenvalue weighted by Gasteiger charge is 2.48. The van der Waals surface area contributed by atoms with Crippen LogP contribution < -0.4 is 0 Å². The molecule has 1 N–H and O–H groups in total. The molecule has 0 spiro atoms. The van der Waals surface area contributed by atoms with Crippen molar-refractivity contribution in [2.75, 3.05) is 6.61 Å². The lowest BCUT2D eigenvalue weighted by atomic mass is 9.74. The topological polar surface area (TPSA) is 63.6 Å². The summed E-state index contributed by atoms with van der Waals surface area (Å²) in [5, 5.41) is 9.45. The van der Waals surface area contributed by atoms with Crippen molar-refractivity contribution in [2.24, 2.45) is 5.41 Å². The number of unbranched alkanes of at least 4 members (excludes halogenated alkanes) is 10. The highest BCUT2D eigenvalue weighted by atomic mass is 16.5. The zero-order valence-electron chi connectivity index (χ0n) is 16.2. The van der Waals surface area contributed by atoms with Crippen molar-refractivity contribution < 1.29 is 19.4 Å². The van der Waals surface area contributed by atoms with E-state index in [-0.39, 0.29) is 0 Å². The number of carbonyl (C=O) groups excluding carboxylic acids is 1. The van der Waals surface area contributed by atoms with Crippen LogP contribution in [0, 0.1) is 5.41 Å². The third-order valence-corrected chi connectivity index (χ3v) is 5.49. The van der Waals surface area contributed by atoms with Gasteiger partial charge in [-0.05, 0) is 19.3 Å². The second kappa shape index (κ2) is 13.2. The molecule has 0 unspecified atom stereocenters. The van der Waals surface area contributed by atoms with E-state index in [2.05, 4.69) is 6.92 Å². The Kier molecular flexibility index (Phi) is 11.6. The van der Waals surface area contributed by atoms with Gasteiger partial charge in [0.2, 0.25) is 0 Å². The van der Waals surface area contributed by atoms with Crippen LogP contribution in [0.25, 0.3) is 0 Å². The van der Waals surface area contributed by atoms with E-state index in [1.165, 1.54) is 57.8 Å². The molecule has 0 bridgehead atoms. The first-order valence-corrected chi connectivity index (χ1v) is 10.5. The van der Waals surface area contributed by atoms with Gasteiger partial charge in [-0.3, -0.25) is 9.59 Å². The Hall–Kier alpha value is -1.06. The molecule has 0 aromatic carbocycles. The first-order valence-electron chi connectivity index (χ1n) is 10.5. The van der Waals surface area contributed by atoms with E-state index < -0.39 is 17.4 Å². The minimum atomic E-state index is -1.27. The quantitative estimate of drug-likeness (QED) is 0.240. The predicted octanol–water partition coefficient (Wildman–Crippen LogP) is 5.88. The fourth-order valence-corrected chi connectivity index (χ4v) is 3.73. The summed E-state index contributed by atoms with van der Waals surface area (Å²) in [7, 11) is 0. The van der Waals surface area contributed by atoms with E-state index in [0.717, 1.165) is 32.1 Å². The lowest BCUT2D eigenvalue weighted by Crippen LogP contribution is -2.42. The second-order valence-corrected chi connectivity index (χ2v) is 7.62. The third-order valence-electron chi connectivity index (χ3n) is 5.49. The molecule has 146 valence electrons. The molecule has 1 aliphatic carbocycles. The summed E-state index contributed by atoms with van der Waals surface area (Å²) in [6, 6.07) is 0. The molecule has 4 heteroatoms. The average molecular weight is 355 g/mol. The molecular weight excluding hydrogens is 316 g/mol.